The van der Waals surface area contributed by atoms with Gasteiger partial charge in [0.2, 0.25) is 0 Å². The largest absolute Gasteiger partial charge is 0.379 e. The maximum Gasteiger partial charge on any atom is 0.354 e. The Morgan fingerprint density at radius 1 is 1.20 bits per heavy atom. The van der Waals surface area contributed by atoms with Gasteiger partial charge in [-0.25, -0.2) is 4.79 Å². The van der Waals surface area contributed by atoms with E-state index in [4.69, 9.17) is 16.9 Å². The van der Waals surface area contributed by atoms with Crippen molar-refractivity contribution >= 4 is 28.0 Å². The second-order valence-electron chi connectivity index (χ2n) is 11.5. The number of hydrogen-bond donors (Lipinski definition) is 5. The van der Waals surface area contributed by atoms with Crippen molar-refractivity contribution in [3.8, 4) is 5.69 Å². The summed E-state index contributed by atoms with van der Waals surface area (Å²) in [4.78, 5) is 23.5. The van der Waals surface area contributed by atoms with Crippen LogP contribution in [-0.4, -0.2) is 55.5 Å². The molecule has 3 aromatic rings. The molecule has 2 aromatic heterocycles. The zero-order valence-electron chi connectivity index (χ0n) is 23.6. The van der Waals surface area contributed by atoms with Gasteiger partial charge in [-0.05, 0) is 88.7 Å². The van der Waals surface area contributed by atoms with Crippen LogP contribution in [0.5, 0.6) is 0 Å². The fourth-order valence-electron chi connectivity index (χ4n) is 6.30. The molecule has 0 bridgehead atoms. The van der Waals surface area contributed by atoms with Crippen molar-refractivity contribution in [2.45, 2.75) is 88.9 Å². The highest BCUT2D eigenvalue weighted by molar-refractivity contribution is 8.13. The number of piperidine rings is 2. The second kappa shape index (κ2) is 13.3. The highest BCUT2D eigenvalue weighted by atomic mass is 32.2. The number of amidine groups is 1. The first kappa shape index (κ1) is 28.9. The van der Waals surface area contributed by atoms with E-state index in [1.54, 1.807) is 4.57 Å². The Morgan fingerprint density at radius 2 is 2.02 bits per heavy atom. The third-order valence-electron chi connectivity index (χ3n) is 8.39. The first-order valence-corrected chi connectivity index (χ1v) is 15.8. The normalized spacial score (nSPS) is 22.9. The SMILES string of the molecule is C[C@H](N)CCCN1CCCC[C@@H]1c1cc2cn(-c3ccc([C@@H]4CCC[C@@H](CCSC(=N)N)N4)cc3)c(=O)nc2[nH]1. The fraction of sp³-hybridized carbons (Fsp3) is 0.567. The third kappa shape index (κ3) is 7.15. The monoisotopic (exact) mass is 564 g/mol. The molecule has 5 rings (SSSR count). The van der Waals surface area contributed by atoms with Crippen molar-refractivity contribution in [2.24, 2.45) is 11.5 Å². The number of nitrogens with one attached hydrogen (secondary N) is 3. The molecule has 10 heteroatoms. The molecule has 0 amide bonds. The molecule has 9 nitrogen and oxygen atoms in total. The minimum absolute atomic E-state index is 0.186. The Kier molecular flexibility index (Phi) is 9.62. The first-order valence-electron chi connectivity index (χ1n) is 14.8. The van der Waals surface area contributed by atoms with E-state index in [0.717, 1.165) is 74.1 Å². The van der Waals surface area contributed by atoms with Gasteiger partial charge in [0, 0.05) is 47.2 Å². The molecule has 0 aliphatic carbocycles. The molecule has 7 N–H and O–H groups in total. The van der Waals surface area contributed by atoms with Crippen molar-refractivity contribution in [1.29, 1.82) is 5.41 Å². The number of H-pyrrole nitrogens is 1. The van der Waals surface area contributed by atoms with Gasteiger partial charge in [0.1, 0.15) is 5.65 Å². The van der Waals surface area contributed by atoms with Crippen LogP contribution in [0.1, 0.15) is 88.1 Å². The zero-order valence-corrected chi connectivity index (χ0v) is 24.4. The summed E-state index contributed by atoms with van der Waals surface area (Å²) >= 11 is 1.41. The molecule has 0 radical (unpaired) electrons. The number of aromatic nitrogens is 3. The van der Waals surface area contributed by atoms with E-state index < -0.39 is 0 Å². The second-order valence-corrected chi connectivity index (χ2v) is 12.7. The van der Waals surface area contributed by atoms with E-state index in [2.05, 4.69) is 45.3 Å². The number of fused-ring (bicyclic) bond motifs is 1. The van der Waals surface area contributed by atoms with Gasteiger partial charge in [0.15, 0.2) is 5.17 Å². The Hall–Kier alpha value is -2.66. The summed E-state index contributed by atoms with van der Waals surface area (Å²) in [5.74, 6) is 0.865. The van der Waals surface area contributed by atoms with E-state index in [-0.39, 0.29) is 16.9 Å². The maximum absolute atomic E-state index is 13.0. The van der Waals surface area contributed by atoms with Crippen LogP contribution < -0.4 is 22.5 Å². The van der Waals surface area contributed by atoms with E-state index in [9.17, 15) is 4.79 Å². The molecule has 2 fully saturated rings. The topological polar surface area (TPSA) is 142 Å². The summed E-state index contributed by atoms with van der Waals surface area (Å²) in [6.07, 6.45) is 12.0. The van der Waals surface area contributed by atoms with E-state index in [1.807, 2.05) is 18.3 Å². The minimum atomic E-state index is -0.273. The fourth-order valence-corrected chi connectivity index (χ4v) is 6.92. The molecular formula is C30H44N8OS. The summed E-state index contributed by atoms with van der Waals surface area (Å²) in [7, 11) is 0. The van der Waals surface area contributed by atoms with Crippen molar-refractivity contribution in [3.63, 3.8) is 0 Å². The maximum atomic E-state index is 13.0. The van der Waals surface area contributed by atoms with Gasteiger partial charge in [-0.3, -0.25) is 14.9 Å². The molecule has 0 spiro atoms. The molecular weight excluding hydrogens is 520 g/mol. The zero-order chi connectivity index (χ0) is 28.1. The number of aromatic amines is 1. The summed E-state index contributed by atoms with van der Waals surface area (Å²) in [6.45, 7) is 4.21. The predicted octanol–water partition coefficient (Wildman–Crippen LogP) is 4.57. The van der Waals surface area contributed by atoms with Crippen LogP contribution in [0.2, 0.25) is 0 Å². The highest BCUT2D eigenvalue weighted by Gasteiger charge is 2.26. The van der Waals surface area contributed by atoms with Gasteiger partial charge < -0.3 is 21.8 Å². The van der Waals surface area contributed by atoms with E-state index in [1.165, 1.54) is 36.6 Å². The van der Waals surface area contributed by atoms with Gasteiger partial charge in [0.25, 0.3) is 0 Å². The average molecular weight is 565 g/mol. The van der Waals surface area contributed by atoms with Crippen LogP contribution in [0.3, 0.4) is 0 Å². The molecule has 4 heterocycles. The third-order valence-corrected chi connectivity index (χ3v) is 9.14. The molecule has 40 heavy (non-hydrogen) atoms. The van der Waals surface area contributed by atoms with Crippen molar-refractivity contribution in [3.05, 3.63) is 58.3 Å². The molecule has 2 saturated heterocycles. The Bertz CT molecular complexity index is 1330. The number of nitrogens with two attached hydrogens (primary N) is 2. The van der Waals surface area contributed by atoms with Gasteiger partial charge >= 0.3 is 5.69 Å². The van der Waals surface area contributed by atoms with Crippen LogP contribution in [0, 0.1) is 5.41 Å². The summed E-state index contributed by atoms with van der Waals surface area (Å²) in [5.41, 5.74) is 15.1. The molecule has 4 atom stereocenters. The summed E-state index contributed by atoms with van der Waals surface area (Å²) < 4.78 is 1.65. The molecule has 2 aliphatic rings. The Morgan fingerprint density at radius 3 is 2.80 bits per heavy atom. The number of likely N-dealkylation sites (tertiary alicyclic amines) is 1. The van der Waals surface area contributed by atoms with Crippen LogP contribution in [0.25, 0.3) is 16.7 Å². The van der Waals surface area contributed by atoms with Gasteiger partial charge in [-0.15, -0.1) is 0 Å². The lowest BCUT2D eigenvalue weighted by molar-refractivity contribution is 0.143. The number of hydrogen-bond acceptors (Lipinski definition) is 7. The Labute approximate surface area is 241 Å². The highest BCUT2D eigenvalue weighted by Crippen LogP contribution is 2.32. The predicted molar refractivity (Wildman–Crippen MR) is 165 cm³/mol. The lowest BCUT2D eigenvalue weighted by Gasteiger charge is -2.35. The standard InChI is InChI=1S/C30H44N8OS/c1-20(31)6-5-16-37-15-3-2-9-27(37)26-18-22-19-38(30(39)36-28(22)35-26)24-12-10-21(11-13-24)25-8-4-7-23(34-25)14-17-40-29(32)33/h10-13,18-20,23,25,27,34H,2-9,14-17,31H2,1H3,(H3,32,33)(H,35,36,39)/t20-,23-,25-,27+/m0/s1. The lowest BCUT2D eigenvalue weighted by atomic mass is 9.92. The van der Waals surface area contributed by atoms with Crippen molar-refractivity contribution < 1.29 is 0 Å². The average Bonchev–Trinajstić information content (AvgIpc) is 3.35. The van der Waals surface area contributed by atoms with Crippen LogP contribution in [0.15, 0.2) is 41.3 Å². The number of benzene rings is 1. The molecule has 0 saturated carbocycles. The van der Waals surface area contributed by atoms with E-state index in [0.29, 0.717) is 23.8 Å². The van der Waals surface area contributed by atoms with Gasteiger partial charge in [-0.1, -0.05) is 36.7 Å². The summed E-state index contributed by atoms with van der Waals surface area (Å²) in [5, 5.41) is 12.3. The minimum Gasteiger partial charge on any atom is -0.379 e. The molecule has 2 aliphatic heterocycles. The van der Waals surface area contributed by atoms with Gasteiger partial charge in [-0.2, -0.15) is 4.98 Å². The number of nitrogens with zero attached hydrogens (tertiary/aromatic N) is 3. The van der Waals surface area contributed by atoms with Gasteiger partial charge in [0.05, 0.1) is 5.69 Å². The van der Waals surface area contributed by atoms with Crippen LogP contribution in [-0.2, 0) is 0 Å². The lowest BCUT2D eigenvalue weighted by Crippen LogP contribution is -2.37. The van der Waals surface area contributed by atoms with Crippen molar-refractivity contribution in [2.75, 3.05) is 18.8 Å². The molecule has 1 aromatic carbocycles. The Balaban J connectivity index is 1.29. The molecule has 0 unspecified atom stereocenters. The number of rotatable bonds is 10. The van der Waals surface area contributed by atoms with Crippen molar-refractivity contribution in [1.82, 2.24) is 24.8 Å². The van der Waals surface area contributed by atoms with Crippen LogP contribution >= 0.6 is 11.8 Å². The summed E-state index contributed by atoms with van der Waals surface area (Å²) in [6, 6.07) is 11.8. The molecule has 216 valence electrons. The quantitative estimate of drug-likeness (QED) is 0.179. The van der Waals surface area contributed by atoms with Crippen LogP contribution in [0.4, 0.5) is 0 Å². The smallest absolute Gasteiger partial charge is 0.354 e. The number of thioether (sulfide) groups is 1. The van der Waals surface area contributed by atoms with E-state index >= 15 is 0 Å². The first-order chi connectivity index (χ1) is 19.4.